The highest BCUT2D eigenvalue weighted by Gasteiger charge is 2.01. The van der Waals surface area contributed by atoms with E-state index in [1.165, 1.54) is 0 Å². The second-order valence-corrected chi connectivity index (χ2v) is 3.26. The quantitative estimate of drug-likeness (QED) is 0.565. The van der Waals surface area contributed by atoms with Crippen LogP contribution in [0.15, 0.2) is 36.1 Å². The molecule has 0 aliphatic carbocycles. The molecular weight excluding hydrogens is 204 g/mol. The van der Waals surface area contributed by atoms with Crippen LogP contribution in [-0.4, -0.2) is 19.2 Å². The van der Waals surface area contributed by atoms with Gasteiger partial charge in [0.2, 0.25) is 0 Å². The Balaban J connectivity index is 2.43. The maximum atomic E-state index is 11.0. The van der Waals surface area contributed by atoms with Gasteiger partial charge < -0.3 is 9.47 Å². The Morgan fingerprint density at radius 3 is 2.56 bits per heavy atom. The van der Waals surface area contributed by atoms with Gasteiger partial charge in [0.25, 0.3) is 0 Å². The lowest BCUT2D eigenvalue weighted by atomic mass is 10.2. The third kappa shape index (κ3) is 4.64. The molecule has 16 heavy (non-hydrogen) atoms. The summed E-state index contributed by atoms with van der Waals surface area (Å²) in [5, 5.41) is 0. The van der Waals surface area contributed by atoms with Crippen molar-refractivity contribution < 1.29 is 14.3 Å². The first-order chi connectivity index (χ1) is 7.72. The van der Waals surface area contributed by atoms with Crippen LogP contribution in [0.25, 0.3) is 6.08 Å². The van der Waals surface area contributed by atoms with Crippen molar-refractivity contribution in [3.8, 4) is 0 Å². The number of hydrogen-bond donors (Lipinski definition) is 0. The molecule has 0 spiro atoms. The molecular formula is C13H16O3. The SMILES string of the molecule is CCOC(=O)CO/C(C)=C/c1ccccc1. The maximum absolute atomic E-state index is 11.0. The summed E-state index contributed by atoms with van der Waals surface area (Å²) in [6.45, 7) is 3.92. The summed E-state index contributed by atoms with van der Waals surface area (Å²) in [5.41, 5.74) is 1.05. The van der Waals surface area contributed by atoms with E-state index < -0.39 is 0 Å². The maximum Gasteiger partial charge on any atom is 0.344 e. The Bertz CT molecular complexity index is 355. The van der Waals surface area contributed by atoms with Gasteiger partial charge in [0.15, 0.2) is 6.61 Å². The molecule has 1 aromatic carbocycles. The third-order valence-electron chi connectivity index (χ3n) is 1.89. The highest BCUT2D eigenvalue weighted by Crippen LogP contribution is 2.06. The molecule has 0 aliphatic heterocycles. The minimum Gasteiger partial charge on any atom is -0.487 e. The predicted molar refractivity (Wildman–Crippen MR) is 62.7 cm³/mol. The molecule has 0 fully saturated rings. The van der Waals surface area contributed by atoms with Crippen LogP contribution in [0, 0.1) is 0 Å². The minimum absolute atomic E-state index is 0.0387. The summed E-state index contributed by atoms with van der Waals surface area (Å²) in [5.74, 6) is 0.350. The number of esters is 1. The molecule has 3 nitrogen and oxygen atoms in total. The fraction of sp³-hybridized carbons (Fsp3) is 0.308. The molecule has 0 saturated carbocycles. The molecule has 0 unspecified atom stereocenters. The van der Waals surface area contributed by atoms with Gasteiger partial charge in [0, 0.05) is 0 Å². The van der Waals surface area contributed by atoms with Crippen molar-refractivity contribution in [2.24, 2.45) is 0 Å². The van der Waals surface area contributed by atoms with Crippen LogP contribution in [0.4, 0.5) is 0 Å². The summed E-state index contributed by atoms with van der Waals surface area (Å²) >= 11 is 0. The molecule has 3 heteroatoms. The van der Waals surface area contributed by atoms with Crippen molar-refractivity contribution in [2.45, 2.75) is 13.8 Å². The molecule has 0 radical (unpaired) electrons. The van der Waals surface area contributed by atoms with Crippen molar-refractivity contribution in [3.63, 3.8) is 0 Å². The molecule has 0 aliphatic rings. The van der Waals surface area contributed by atoms with E-state index in [1.54, 1.807) is 6.92 Å². The van der Waals surface area contributed by atoms with Gasteiger partial charge in [-0.05, 0) is 25.5 Å². The molecule has 86 valence electrons. The van der Waals surface area contributed by atoms with Crippen molar-refractivity contribution in [1.29, 1.82) is 0 Å². The monoisotopic (exact) mass is 220 g/mol. The summed E-state index contributed by atoms with van der Waals surface area (Å²) in [4.78, 5) is 11.0. The number of allylic oxidation sites excluding steroid dienone is 1. The number of rotatable bonds is 5. The Hall–Kier alpha value is -1.77. The average Bonchev–Trinajstić information content (AvgIpc) is 2.28. The fourth-order valence-corrected chi connectivity index (χ4v) is 1.20. The van der Waals surface area contributed by atoms with E-state index in [9.17, 15) is 4.79 Å². The van der Waals surface area contributed by atoms with Crippen LogP contribution < -0.4 is 0 Å². The molecule has 0 aromatic heterocycles. The highest BCUT2D eigenvalue weighted by atomic mass is 16.6. The van der Waals surface area contributed by atoms with Crippen LogP contribution in [-0.2, 0) is 14.3 Å². The van der Waals surface area contributed by atoms with Crippen LogP contribution in [0.3, 0.4) is 0 Å². The van der Waals surface area contributed by atoms with Crippen molar-refractivity contribution >= 4 is 12.0 Å². The number of hydrogen-bond acceptors (Lipinski definition) is 3. The second-order valence-electron chi connectivity index (χ2n) is 3.26. The largest absolute Gasteiger partial charge is 0.487 e. The van der Waals surface area contributed by atoms with Crippen molar-refractivity contribution in [2.75, 3.05) is 13.2 Å². The fourth-order valence-electron chi connectivity index (χ4n) is 1.20. The number of carbonyl (C=O) groups excluding carboxylic acids is 1. The number of benzene rings is 1. The van der Waals surface area contributed by atoms with Gasteiger partial charge in [-0.15, -0.1) is 0 Å². The van der Waals surface area contributed by atoms with Crippen LogP contribution >= 0.6 is 0 Å². The zero-order chi connectivity index (χ0) is 11.8. The molecule has 1 rings (SSSR count). The average molecular weight is 220 g/mol. The van der Waals surface area contributed by atoms with Gasteiger partial charge in [-0.3, -0.25) is 0 Å². The van der Waals surface area contributed by atoms with Crippen LogP contribution in [0.1, 0.15) is 19.4 Å². The zero-order valence-electron chi connectivity index (χ0n) is 9.60. The van der Waals surface area contributed by atoms with Crippen molar-refractivity contribution in [3.05, 3.63) is 41.7 Å². The van der Waals surface area contributed by atoms with Gasteiger partial charge in [-0.2, -0.15) is 0 Å². The van der Waals surface area contributed by atoms with E-state index in [2.05, 4.69) is 0 Å². The Kier molecular flexibility index (Phi) is 5.12. The summed E-state index contributed by atoms with van der Waals surface area (Å²) < 4.78 is 10.00. The Morgan fingerprint density at radius 2 is 1.94 bits per heavy atom. The summed E-state index contributed by atoms with van der Waals surface area (Å²) in [6.07, 6.45) is 1.87. The molecule has 0 heterocycles. The molecule has 0 N–H and O–H groups in total. The highest BCUT2D eigenvalue weighted by molar-refractivity contribution is 5.70. The van der Waals surface area contributed by atoms with Gasteiger partial charge in [-0.1, -0.05) is 30.3 Å². The minimum atomic E-state index is -0.344. The number of carbonyl (C=O) groups is 1. The molecule has 0 atom stereocenters. The first-order valence-electron chi connectivity index (χ1n) is 5.24. The summed E-state index contributed by atoms with van der Waals surface area (Å²) in [7, 11) is 0. The zero-order valence-corrected chi connectivity index (χ0v) is 9.60. The van der Waals surface area contributed by atoms with E-state index >= 15 is 0 Å². The predicted octanol–water partition coefficient (Wildman–Crippen LogP) is 2.63. The Morgan fingerprint density at radius 1 is 1.25 bits per heavy atom. The lowest BCUT2D eigenvalue weighted by Crippen LogP contribution is -2.11. The van der Waals surface area contributed by atoms with Crippen LogP contribution in [0.2, 0.25) is 0 Å². The van der Waals surface area contributed by atoms with Gasteiger partial charge in [-0.25, -0.2) is 4.79 Å². The molecule has 0 bridgehead atoms. The first kappa shape index (κ1) is 12.3. The van der Waals surface area contributed by atoms with Gasteiger partial charge >= 0.3 is 5.97 Å². The first-order valence-corrected chi connectivity index (χ1v) is 5.24. The molecule has 0 saturated heterocycles. The Labute approximate surface area is 95.7 Å². The van der Waals surface area contributed by atoms with E-state index in [-0.39, 0.29) is 12.6 Å². The summed E-state index contributed by atoms with van der Waals surface area (Å²) in [6, 6.07) is 9.79. The number of ether oxygens (including phenoxy) is 2. The molecule has 1 aromatic rings. The normalized spacial score (nSPS) is 11.0. The van der Waals surface area contributed by atoms with E-state index in [0.717, 1.165) is 5.56 Å². The van der Waals surface area contributed by atoms with E-state index in [0.29, 0.717) is 12.4 Å². The standard InChI is InChI=1S/C13H16O3/c1-3-15-13(14)10-16-11(2)9-12-7-5-4-6-8-12/h4-9H,3,10H2,1-2H3/b11-9+. The van der Waals surface area contributed by atoms with Crippen LogP contribution in [0.5, 0.6) is 0 Å². The van der Waals surface area contributed by atoms with E-state index in [1.807, 2.05) is 43.3 Å². The van der Waals surface area contributed by atoms with E-state index in [4.69, 9.17) is 9.47 Å². The lowest BCUT2D eigenvalue weighted by Gasteiger charge is -2.05. The molecule has 0 amide bonds. The third-order valence-corrected chi connectivity index (χ3v) is 1.89. The smallest absolute Gasteiger partial charge is 0.344 e. The topological polar surface area (TPSA) is 35.5 Å². The second kappa shape index (κ2) is 6.67. The van der Waals surface area contributed by atoms with Gasteiger partial charge in [0.05, 0.1) is 12.4 Å². The van der Waals surface area contributed by atoms with Crippen molar-refractivity contribution in [1.82, 2.24) is 0 Å². The lowest BCUT2D eigenvalue weighted by molar-refractivity contribution is -0.146. The van der Waals surface area contributed by atoms with Gasteiger partial charge in [0.1, 0.15) is 0 Å².